The lowest BCUT2D eigenvalue weighted by atomic mass is 9.97. The second kappa shape index (κ2) is 11.3. The Morgan fingerprint density at radius 2 is 1.74 bits per heavy atom. The number of ether oxygens (including phenoxy) is 1. The smallest absolute Gasteiger partial charge is 0.290 e. The lowest BCUT2D eigenvalue weighted by Gasteiger charge is -2.32. The van der Waals surface area contributed by atoms with Crippen LogP contribution in [0.4, 0.5) is 0 Å². The molecule has 0 aliphatic heterocycles. The van der Waals surface area contributed by atoms with Crippen LogP contribution >= 0.6 is 0 Å². The van der Waals surface area contributed by atoms with Crippen LogP contribution in [-0.2, 0) is 11.3 Å². The molecule has 6 heteroatoms. The number of amides is 2. The Kier molecular flexibility index (Phi) is 7.91. The summed E-state index contributed by atoms with van der Waals surface area (Å²) in [6, 6.07) is 18.2. The Balaban J connectivity index is 1.75. The first-order valence-electron chi connectivity index (χ1n) is 12.3. The number of carbonyl (C=O) groups is 2. The van der Waals surface area contributed by atoms with Crippen molar-refractivity contribution in [2.24, 2.45) is 0 Å². The minimum Gasteiger partial charge on any atom is -0.497 e. The van der Waals surface area contributed by atoms with Gasteiger partial charge in [-0.1, -0.05) is 63.1 Å². The summed E-state index contributed by atoms with van der Waals surface area (Å²) in [6.45, 7) is 4.50. The van der Waals surface area contributed by atoms with Gasteiger partial charge in [-0.25, -0.2) is 0 Å². The highest BCUT2D eigenvalue weighted by molar-refractivity contribution is 5.96. The fourth-order valence-electron chi connectivity index (χ4n) is 4.68. The van der Waals surface area contributed by atoms with Gasteiger partial charge in [0.15, 0.2) is 5.76 Å². The van der Waals surface area contributed by atoms with Crippen molar-refractivity contribution in [1.29, 1.82) is 0 Å². The minimum atomic E-state index is -0.805. The molecular weight excluding hydrogens is 440 g/mol. The predicted octanol–water partition coefficient (Wildman–Crippen LogP) is 5.85. The Hall–Kier alpha value is -3.54. The molecule has 0 radical (unpaired) electrons. The molecule has 1 aliphatic rings. The maximum Gasteiger partial charge on any atom is 0.290 e. The zero-order valence-corrected chi connectivity index (χ0v) is 20.7. The maximum atomic E-state index is 13.8. The van der Waals surface area contributed by atoms with Gasteiger partial charge in [0, 0.05) is 12.6 Å². The number of hydrogen-bond acceptors (Lipinski definition) is 4. The first-order valence-corrected chi connectivity index (χ1v) is 12.3. The van der Waals surface area contributed by atoms with E-state index in [9.17, 15) is 9.59 Å². The van der Waals surface area contributed by atoms with Crippen molar-refractivity contribution >= 4 is 11.8 Å². The van der Waals surface area contributed by atoms with E-state index in [0.717, 1.165) is 36.8 Å². The maximum absolute atomic E-state index is 13.8. The van der Waals surface area contributed by atoms with Gasteiger partial charge in [-0.15, -0.1) is 0 Å². The fraction of sp³-hybridized carbons (Fsp3) is 0.379. The van der Waals surface area contributed by atoms with Gasteiger partial charge in [-0.3, -0.25) is 9.59 Å². The molecule has 2 aromatic carbocycles. The highest BCUT2D eigenvalue weighted by atomic mass is 16.5. The van der Waals surface area contributed by atoms with Crippen molar-refractivity contribution in [3.63, 3.8) is 0 Å². The molecule has 1 atom stereocenters. The summed E-state index contributed by atoms with van der Waals surface area (Å²) in [5.41, 5.74) is 2.81. The molecular formula is C29H34N2O4. The standard InChI is InChI=1S/C29H34N2O4/c1-20(2)22-13-15-23(16-14-22)27(28(32)30-24-9-4-5-10-24)31(29(33)26-12-7-17-35-26)19-21-8-6-11-25(18-21)34-3/h6-8,11-18,20,24,27H,4-5,9-10,19H2,1-3H3,(H,30,32)/t27-/m0/s1. The Morgan fingerprint density at radius 3 is 2.37 bits per heavy atom. The molecule has 0 spiro atoms. The van der Waals surface area contributed by atoms with Crippen molar-refractivity contribution in [2.45, 2.75) is 64.1 Å². The quantitative estimate of drug-likeness (QED) is 0.422. The molecule has 1 heterocycles. The number of methoxy groups -OCH3 is 1. The summed E-state index contributed by atoms with van der Waals surface area (Å²) < 4.78 is 10.8. The number of carbonyl (C=O) groups excluding carboxylic acids is 2. The largest absolute Gasteiger partial charge is 0.497 e. The van der Waals surface area contributed by atoms with E-state index >= 15 is 0 Å². The summed E-state index contributed by atoms with van der Waals surface area (Å²) >= 11 is 0. The van der Waals surface area contributed by atoms with Crippen molar-refractivity contribution in [1.82, 2.24) is 10.2 Å². The average molecular weight is 475 g/mol. The lowest BCUT2D eigenvalue weighted by Crippen LogP contribution is -2.45. The second-order valence-corrected chi connectivity index (χ2v) is 9.48. The van der Waals surface area contributed by atoms with Gasteiger partial charge in [0.2, 0.25) is 5.91 Å². The number of hydrogen-bond donors (Lipinski definition) is 1. The molecule has 1 fully saturated rings. The SMILES string of the molecule is COc1cccc(CN(C(=O)c2ccco2)[C@H](C(=O)NC2CCCC2)c2ccc(C(C)C)cc2)c1. The minimum absolute atomic E-state index is 0.136. The Labute approximate surface area is 207 Å². The molecule has 1 aromatic heterocycles. The third-order valence-electron chi connectivity index (χ3n) is 6.66. The van der Waals surface area contributed by atoms with Crippen LogP contribution in [0, 0.1) is 0 Å². The second-order valence-electron chi connectivity index (χ2n) is 9.48. The third kappa shape index (κ3) is 5.94. The van der Waals surface area contributed by atoms with Gasteiger partial charge < -0.3 is 19.4 Å². The van der Waals surface area contributed by atoms with Crippen LogP contribution < -0.4 is 10.1 Å². The summed E-state index contributed by atoms with van der Waals surface area (Å²) in [6.07, 6.45) is 5.62. The first kappa shape index (κ1) is 24.6. The molecule has 184 valence electrons. The van der Waals surface area contributed by atoms with Gasteiger partial charge in [0.25, 0.3) is 5.91 Å². The van der Waals surface area contributed by atoms with Crippen molar-refractivity contribution < 1.29 is 18.7 Å². The molecule has 1 aliphatic carbocycles. The molecule has 0 unspecified atom stereocenters. The highest BCUT2D eigenvalue weighted by Crippen LogP contribution is 2.29. The van der Waals surface area contributed by atoms with Crippen LogP contribution in [0.2, 0.25) is 0 Å². The van der Waals surface area contributed by atoms with E-state index in [4.69, 9.17) is 9.15 Å². The summed E-state index contributed by atoms with van der Waals surface area (Å²) in [7, 11) is 1.61. The number of benzene rings is 2. The van der Waals surface area contributed by atoms with Crippen LogP contribution in [0.5, 0.6) is 5.75 Å². The number of furan rings is 1. The van der Waals surface area contributed by atoms with E-state index in [-0.39, 0.29) is 30.2 Å². The molecule has 0 saturated heterocycles. The average Bonchev–Trinajstić information content (AvgIpc) is 3.58. The molecule has 35 heavy (non-hydrogen) atoms. The molecule has 2 amide bonds. The van der Waals surface area contributed by atoms with Gasteiger partial charge in [0.05, 0.1) is 13.4 Å². The lowest BCUT2D eigenvalue weighted by molar-refractivity contribution is -0.126. The van der Waals surface area contributed by atoms with Crippen molar-refractivity contribution in [3.05, 3.63) is 89.4 Å². The van der Waals surface area contributed by atoms with Crippen LogP contribution in [-0.4, -0.2) is 29.9 Å². The summed E-state index contributed by atoms with van der Waals surface area (Å²) in [5.74, 6) is 0.758. The van der Waals surface area contributed by atoms with Gasteiger partial charge >= 0.3 is 0 Å². The monoisotopic (exact) mass is 474 g/mol. The fourth-order valence-corrected chi connectivity index (χ4v) is 4.68. The van der Waals surface area contributed by atoms with Gasteiger partial charge in [-0.2, -0.15) is 0 Å². The third-order valence-corrected chi connectivity index (χ3v) is 6.66. The molecule has 6 nitrogen and oxygen atoms in total. The van der Waals surface area contributed by atoms with Crippen molar-refractivity contribution in [3.8, 4) is 5.75 Å². The summed E-state index contributed by atoms with van der Waals surface area (Å²) in [5, 5.41) is 3.22. The summed E-state index contributed by atoms with van der Waals surface area (Å²) in [4.78, 5) is 29.1. The van der Waals surface area contributed by atoms with Crippen molar-refractivity contribution in [2.75, 3.05) is 7.11 Å². The van der Waals surface area contributed by atoms with Crippen LogP contribution in [0.15, 0.2) is 71.3 Å². The van der Waals surface area contributed by atoms with E-state index in [1.165, 1.54) is 11.8 Å². The molecule has 1 N–H and O–H groups in total. The van der Waals surface area contributed by atoms with E-state index in [1.54, 1.807) is 24.1 Å². The molecule has 1 saturated carbocycles. The zero-order chi connectivity index (χ0) is 24.8. The van der Waals surface area contributed by atoms with E-state index in [0.29, 0.717) is 11.7 Å². The van der Waals surface area contributed by atoms with Crippen LogP contribution in [0.3, 0.4) is 0 Å². The Morgan fingerprint density at radius 1 is 1.03 bits per heavy atom. The molecule has 0 bridgehead atoms. The predicted molar refractivity (Wildman–Crippen MR) is 135 cm³/mol. The first-order chi connectivity index (χ1) is 17.0. The van der Waals surface area contributed by atoms with Gasteiger partial charge in [-0.05, 0) is 59.7 Å². The topological polar surface area (TPSA) is 71.8 Å². The number of nitrogens with zero attached hydrogens (tertiary/aromatic N) is 1. The Bertz CT molecular complexity index is 1120. The zero-order valence-electron chi connectivity index (χ0n) is 20.7. The van der Waals surface area contributed by atoms with E-state index in [2.05, 4.69) is 19.2 Å². The number of nitrogens with one attached hydrogen (secondary N) is 1. The number of rotatable bonds is 9. The normalized spacial score (nSPS) is 14.6. The molecule has 3 aromatic rings. The van der Waals surface area contributed by atoms with Crippen LogP contribution in [0.1, 0.15) is 78.7 Å². The van der Waals surface area contributed by atoms with E-state index < -0.39 is 6.04 Å². The van der Waals surface area contributed by atoms with E-state index in [1.807, 2.05) is 48.5 Å². The molecule has 4 rings (SSSR count). The van der Waals surface area contributed by atoms with Gasteiger partial charge in [0.1, 0.15) is 11.8 Å². The highest BCUT2D eigenvalue weighted by Gasteiger charge is 2.34. The van der Waals surface area contributed by atoms with Crippen LogP contribution in [0.25, 0.3) is 0 Å².